The number of hydrogen-bond donors (Lipinski definition) is 1. The molecule has 210 valence electrons. The number of nitrogens with zero attached hydrogens (tertiary/aromatic N) is 5. The van der Waals surface area contributed by atoms with Crippen molar-refractivity contribution < 1.29 is 19.4 Å². The van der Waals surface area contributed by atoms with Crippen LogP contribution in [0.25, 0.3) is 0 Å². The number of carbonyl (C=O) groups excluding carboxylic acids is 2. The first kappa shape index (κ1) is 27.6. The molecule has 0 radical (unpaired) electrons. The van der Waals surface area contributed by atoms with Crippen molar-refractivity contribution in [3.05, 3.63) is 52.4 Å². The van der Waals surface area contributed by atoms with Crippen LogP contribution < -0.4 is 4.90 Å². The molecule has 2 fully saturated rings. The van der Waals surface area contributed by atoms with Gasteiger partial charge in [-0.25, -0.2) is 14.8 Å². The molecule has 1 aromatic heterocycles. The minimum atomic E-state index is -0.616. The SMILES string of the molecule is C[C@@H]1C[C@H](O)c2ncnc(N3CCN(C(=O)[C@@H](c4ccc(Cl)cc4)C4CCCN4C(=O)OC(C)(C)C)CC3)c21. The summed E-state index contributed by atoms with van der Waals surface area (Å²) in [6, 6.07) is 7.09. The zero-order chi connectivity index (χ0) is 27.9. The zero-order valence-electron chi connectivity index (χ0n) is 23.1. The maximum Gasteiger partial charge on any atom is 0.410 e. The molecule has 4 atom stereocenters. The Labute approximate surface area is 235 Å². The largest absolute Gasteiger partial charge is 0.444 e. The average Bonchev–Trinajstić information content (AvgIpc) is 3.49. The Hall–Kier alpha value is -2.91. The van der Waals surface area contributed by atoms with Crippen LogP contribution in [0.1, 0.15) is 81.7 Å². The number of likely N-dealkylation sites (tertiary alicyclic amines) is 1. The number of piperazine rings is 1. The van der Waals surface area contributed by atoms with Crippen LogP contribution in [0.4, 0.5) is 10.6 Å². The van der Waals surface area contributed by atoms with E-state index in [-0.39, 0.29) is 24.0 Å². The summed E-state index contributed by atoms with van der Waals surface area (Å²) < 4.78 is 5.70. The predicted octanol–water partition coefficient (Wildman–Crippen LogP) is 4.50. The van der Waals surface area contributed by atoms with Gasteiger partial charge in [-0.1, -0.05) is 30.7 Å². The topological polar surface area (TPSA) is 99.1 Å². The third-order valence-electron chi connectivity index (χ3n) is 7.98. The minimum absolute atomic E-state index is 0.00846. The quantitative estimate of drug-likeness (QED) is 0.593. The Kier molecular flexibility index (Phi) is 7.75. The van der Waals surface area contributed by atoms with Gasteiger partial charge >= 0.3 is 6.09 Å². The first-order valence-electron chi connectivity index (χ1n) is 13.8. The third kappa shape index (κ3) is 5.70. The molecule has 1 unspecified atom stereocenters. The lowest BCUT2D eigenvalue weighted by Crippen LogP contribution is -2.53. The normalized spacial score (nSPS) is 24.1. The van der Waals surface area contributed by atoms with Gasteiger partial charge in [0.25, 0.3) is 0 Å². The molecular weight excluding hydrogens is 518 g/mol. The molecule has 0 saturated carbocycles. The van der Waals surface area contributed by atoms with Crippen molar-refractivity contribution in [3.8, 4) is 0 Å². The van der Waals surface area contributed by atoms with Gasteiger partial charge in [0.2, 0.25) is 5.91 Å². The fourth-order valence-corrected chi connectivity index (χ4v) is 6.30. The van der Waals surface area contributed by atoms with E-state index in [4.69, 9.17) is 16.3 Å². The second-order valence-corrected chi connectivity index (χ2v) is 12.3. The lowest BCUT2D eigenvalue weighted by atomic mass is 9.88. The number of carbonyl (C=O) groups is 2. The molecule has 9 nitrogen and oxygen atoms in total. The Bertz CT molecular complexity index is 1210. The molecule has 0 bridgehead atoms. The Morgan fingerprint density at radius 3 is 2.44 bits per heavy atom. The summed E-state index contributed by atoms with van der Waals surface area (Å²) >= 11 is 6.18. The molecule has 3 heterocycles. The van der Waals surface area contributed by atoms with E-state index in [0.717, 1.165) is 35.5 Å². The molecule has 0 spiro atoms. The van der Waals surface area contributed by atoms with E-state index < -0.39 is 17.6 Å². The minimum Gasteiger partial charge on any atom is -0.444 e. The lowest BCUT2D eigenvalue weighted by Gasteiger charge is -2.40. The van der Waals surface area contributed by atoms with Gasteiger partial charge in [-0.3, -0.25) is 4.79 Å². The zero-order valence-corrected chi connectivity index (χ0v) is 23.9. The second-order valence-electron chi connectivity index (χ2n) is 11.9. The smallest absolute Gasteiger partial charge is 0.410 e. The maximum absolute atomic E-state index is 14.2. The van der Waals surface area contributed by atoms with Gasteiger partial charge in [0.1, 0.15) is 17.7 Å². The molecule has 39 heavy (non-hydrogen) atoms. The molecule has 5 rings (SSSR count). The molecule has 2 aromatic rings. The number of benzene rings is 1. The van der Waals surface area contributed by atoms with Crippen molar-refractivity contribution in [3.63, 3.8) is 0 Å². The van der Waals surface area contributed by atoms with Crippen LogP contribution in [-0.2, 0) is 9.53 Å². The monoisotopic (exact) mass is 555 g/mol. The van der Waals surface area contributed by atoms with Crippen molar-refractivity contribution in [2.75, 3.05) is 37.6 Å². The number of rotatable bonds is 4. The number of fused-ring (bicyclic) bond motifs is 1. The van der Waals surface area contributed by atoms with Crippen molar-refractivity contribution in [1.29, 1.82) is 0 Å². The van der Waals surface area contributed by atoms with Crippen LogP contribution in [0.3, 0.4) is 0 Å². The lowest BCUT2D eigenvalue weighted by molar-refractivity contribution is -0.134. The molecule has 1 N–H and O–H groups in total. The predicted molar refractivity (Wildman–Crippen MR) is 149 cm³/mol. The van der Waals surface area contributed by atoms with Gasteiger partial charge in [0.05, 0.1) is 23.8 Å². The standard InChI is InChI=1S/C29H38ClN5O4/c1-18-16-22(36)25-23(18)26(32-17-31-25)33-12-14-34(15-13-33)27(37)24(19-7-9-20(30)10-8-19)21-6-5-11-35(21)28(38)39-29(2,3)4/h7-10,17-18,21-22,24,36H,5-6,11-16H2,1-4H3/t18-,21?,22+,24+/m1/s1. The summed E-state index contributed by atoms with van der Waals surface area (Å²) in [5.74, 6) is 0.537. The van der Waals surface area contributed by atoms with Crippen molar-refractivity contribution in [1.82, 2.24) is 19.8 Å². The van der Waals surface area contributed by atoms with Gasteiger partial charge in [-0.05, 0) is 63.6 Å². The summed E-state index contributed by atoms with van der Waals surface area (Å²) in [4.78, 5) is 42.0. The highest BCUT2D eigenvalue weighted by molar-refractivity contribution is 6.30. The van der Waals surface area contributed by atoms with E-state index in [1.165, 1.54) is 6.33 Å². The summed E-state index contributed by atoms with van der Waals surface area (Å²) in [6.07, 6.45) is 2.78. The molecule has 2 aliphatic heterocycles. The van der Waals surface area contributed by atoms with E-state index in [1.54, 1.807) is 17.0 Å². The van der Waals surface area contributed by atoms with Crippen LogP contribution in [0, 0.1) is 0 Å². The number of anilines is 1. The van der Waals surface area contributed by atoms with Crippen molar-refractivity contribution >= 4 is 29.4 Å². The number of amides is 2. The Balaban J connectivity index is 1.36. The number of ether oxygens (including phenoxy) is 1. The van der Waals surface area contributed by atoms with Crippen LogP contribution in [0.15, 0.2) is 30.6 Å². The van der Waals surface area contributed by atoms with Crippen LogP contribution in [0.2, 0.25) is 5.02 Å². The number of aliphatic hydroxyl groups excluding tert-OH is 1. The molecule has 3 aliphatic rings. The van der Waals surface area contributed by atoms with Crippen molar-refractivity contribution in [2.24, 2.45) is 0 Å². The molecule has 10 heteroatoms. The van der Waals surface area contributed by atoms with E-state index in [2.05, 4.69) is 21.8 Å². The van der Waals surface area contributed by atoms with E-state index in [1.807, 2.05) is 37.8 Å². The highest BCUT2D eigenvalue weighted by atomic mass is 35.5. The van der Waals surface area contributed by atoms with Gasteiger partial charge < -0.3 is 24.5 Å². The average molecular weight is 556 g/mol. The highest BCUT2D eigenvalue weighted by Crippen LogP contribution is 2.43. The Morgan fingerprint density at radius 1 is 1.08 bits per heavy atom. The summed E-state index contributed by atoms with van der Waals surface area (Å²) in [6.45, 7) is 10.6. The maximum atomic E-state index is 14.2. The second kappa shape index (κ2) is 10.9. The van der Waals surface area contributed by atoms with Crippen LogP contribution in [0.5, 0.6) is 0 Å². The molecular formula is C29H38ClN5O4. The van der Waals surface area contributed by atoms with Gasteiger partial charge in [-0.15, -0.1) is 0 Å². The van der Waals surface area contributed by atoms with Crippen LogP contribution >= 0.6 is 11.6 Å². The number of halogens is 1. The summed E-state index contributed by atoms with van der Waals surface area (Å²) in [5, 5.41) is 11.0. The first-order chi connectivity index (χ1) is 18.5. The first-order valence-corrected chi connectivity index (χ1v) is 14.2. The fourth-order valence-electron chi connectivity index (χ4n) is 6.18. The van der Waals surface area contributed by atoms with Gasteiger partial charge in [0, 0.05) is 43.3 Å². The summed E-state index contributed by atoms with van der Waals surface area (Å²) in [5.41, 5.74) is 1.97. The molecule has 2 saturated heterocycles. The summed E-state index contributed by atoms with van der Waals surface area (Å²) in [7, 11) is 0. The van der Waals surface area contributed by atoms with Crippen LogP contribution in [-0.4, -0.2) is 81.2 Å². The molecule has 1 aliphatic carbocycles. The fraction of sp³-hybridized carbons (Fsp3) is 0.586. The number of aromatic nitrogens is 2. The van der Waals surface area contributed by atoms with Crippen molar-refractivity contribution in [2.45, 2.75) is 76.5 Å². The molecule has 2 amide bonds. The van der Waals surface area contributed by atoms with Gasteiger partial charge in [-0.2, -0.15) is 0 Å². The number of aliphatic hydroxyl groups is 1. The van der Waals surface area contributed by atoms with E-state index in [0.29, 0.717) is 44.2 Å². The molecule has 1 aromatic carbocycles. The third-order valence-corrected chi connectivity index (χ3v) is 8.23. The Morgan fingerprint density at radius 2 is 1.77 bits per heavy atom. The van der Waals surface area contributed by atoms with Gasteiger partial charge in [0.15, 0.2) is 0 Å². The number of hydrogen-bond acceptors (Lipinski definition) is 7. The van der Waals surface area contributed by atoms with E-state index >= 15 is 0 Å². The highest BCUT2D eigenvalue weighted by Gasteiger charge is 2.43. The van der Waals surface area contributed by atoms with E-state index in [9.17, 15) is 14.7 Å².